The molecule has 1 aromatic rings. The second-order valence-electron chi connectivity index (χ2n) is 11.7. The number of nitrogens with one attached hydrogen (secondary N) is 1. The van der Waals surface area contributed by atoms with E-state index in [9.17, 15) is 9.59 Å². The molecule has 196 valence electrons. The van der Waals surface area contributed by atoms with Crippen molar-refractivity contribution in [2.45, 2.75) is 101 Å². The molecule has 3 N–H and O–H groups in total. The van der Waals surface area contributed by atoms with Gasteiger partial charge in [-0.15, -0.1) is 0 Å². The van der Waals surface area contributed by atoms with Crippen LogP contribution in [-0.2, 0) is 18.3 Å². The molecule has 3 aliphatic carbocycles. The number of fused-ring (bicyclic) bond motifs is 1. The number of carbonyl (C=O) groups excluding carboxylic acids is 2. The summed E-state index contributed by atoms with van der Waals surface area (Å²) in [5.74, 6) is 1.48. The van der Waals surface area contributed by atoms with Gasteiger partial charge in [-0.05, 0) is 68.4 Å². The fraction of sp³-hybridized carbons (Fsp3) is 0.690. The zero-order chi connectivity index (χ0) is 25.3. The minimum absolute atomic E-state index is 0.0110. The van der Waals surface area contributed by atoms with E-state index in [0.717, 1.165) is 69.0 Å². The van der Waals surface area contributed by atoms with Crippen LogP contribution in [0.5, 0.6) is 0 Å². The average molecular weight is 494 g/mol. The van der Waals surface area contributed by atoms with Crippen LogP contribution in [0.3, 0.4) is 0 Å². The van der Waals surface area contributed by atoms with Gasteiger partial charge in [0.1, 0.15) is 11.2 Å². The molecule has 1 aliphatic heterocycles. The molecule has 0 radical (unpaired) electrons. The molecule has 0 aromatic carbocycles. The Balaban J connectivity index is 1.25. The number of aliphatic imine (C=N–C) groups is 1. The number of nitrogens with zero attached hydrogens (tertiary/aromatic N) is 3. The lowest BCUT2D eigenvalue weighted by Crippen LogP contribution is -2.45. The smallest absolute Gasteiger partial charge is 0.268 e. The van der Waals surface area contributed by atoms with E-state index in [0.29, 0.717) is 17.8 Å². The maximum absolute atomic E-state index is 13.4. The zero-order valence-corrected chi connectivity index (χ0v) is 22.1. The maximum atomic E-state index is 13.4. The summed E-state index contributed by atoms with van der Waals surface area (Å²) < 4.78 is 2.05. The van der Waals surface area contributed by atoms with Gasteiger partial charge >= 0.3 is 0 Å². The Morgan fingerprint density at radius 2 is 1.92 bits per heavy atom. The van der Waals surface area contributed by atoms with Gasteiger partial charge in [-0.3, -0.25) is 14.5 Å². The first-order valence-corrected chi connectivity index (χ1v) is 14.2. The molecule has 0 spiro atoms. The van der Waals surface area contributed by atoms with Crippen molar-refractivity contribution in [3.05, 3.63) is 29.1 Å². The van der Waals surface area contributed by atoms with E-state index in [-0.39, 0.29) is 17.9 Å². The molecule has 7 nitrogen and oxygen atoms in total. The third-order valence-electron chi connectivity index (χ3n) is 9.28. The molecular weight excluding hydrogens is 450 g/mol. The quantitative estimate of drug-likeness (QED) is 0.584. The maximum Gasteiger partial charge on any atom is 0.268 e. The summed E-state index contributed by atoms with van der Waals surface area (Å²) >= 11 is 0. The van der Waals surface area contributed by atoms with Gasteiger partial charge in [0.25, 0.3) is 11.8 Å². The van der Waals surface area contributed by atoms with Crippen molar-refractivity contribution in [1.29, 1.82) is 0 Å². The van der Waals surface area contributed by atoms with Crippen LogP contribution in [-0.4, -0.2) is 45.9 Å². The molecule has 2 saturated carbocycles. The molecule has 0 bridgehead atoms. The first-order valence-electron chi connectivity index (χ1n) is 14.2. The Hall–Kier alpha value is -2.57. The third-order valence-corrected chi connectivity index (χ3v) is 9.28. The largest absolute Gasteiger partial charge is 0.369 e. The lowest BCUT2D eigenvalue weighted by Gasteiger charge is -2.35. The van der Waals surface area contributed by atoms with Crippen LogP contribution in [0, 0.1) is 11.8 Å². The standard InChI is InChI=1S/C29H43N5O2/c1-33-24-14-7-6-12-22(24)18-25(33)26(35)31-23-13-8-11-21(17-23)19-29(27(36)34(2)28(30)32-29)16-15-20-9-4-3-5-10-20/h6,12,18,20-21,23H,3-5,7-11,13-17,19H2,1-2H3,(H2,30,32)(H,31,35)/t21-,23+,29+/m0/s1. The van der Waals surface area contributed by atoms with Gasteiger partial charge in [0.05, 0.1) is 0 Å². The number of carbonyl (C=O) groups is 2. The highest BCUT2D eigenvalue weighted by molar-refractivity contribution is 6.06. The Bertz CT molecular complexity index is 1050. The lowest BCUT2D eigenvalue weighted by atomic mass is 9.74. The van der Waals surface area contributed by atoms with E-state index in [1.807, 2.05) is 13.1 Å². The van der Waals surface area contributed by atoms with E-state index in [1.54, 1.807) is 11.9 Å². The third kappa shape index (κ3) is 4.98. The van der Waals surface area contributed by atoms with Crippen LogP contribution in [0.4, 0.5) is 0 Å². The molecule has 2 heterocycles. The normalized spacial score (nSPS) is 28.8. The second kappa shape index (κ2) is 10.4. The number of hydrogen-bond acceptors (Lipinski definition) is 4. The van der Waals surface area contributed by atoms with Gasteiger partial charge in [-0.25, -0.2) is 4.99 Å². The molecular formula is C29H43N5O2. The van der Waals surface area contributed by atoms with Crippen LogP contribution in [0.1, 0.15) is 105 Å². The highest BCUT2D eigenvalue weighted by Gasteiger charge is 2.48. The van der Waals surface area contributed by atoms with E-state index in [2.05, 4.69) is 22.0 Å². The minimum Gasteiger partial charge on any atom is -0.369 e. The number of hydrogen-bond donors (Lipinski definition) is 2. The molecule has 36 heavy (non-hydrogen) atoms. The van der Waals surface area contributed by atoms with Crippen LogP contribution < -0.4 is 11.1 Å². The van der Waals surface area contributed by atoms with Gasteiger partial charge < -0.3 is 15.6 Å². The molecule has 5 rings (SSSR count). The molecule has 2 fully saturated rings. The molecule has 0 saturated heterocycles. The molecule has 3 atom stereocenters. The van der Waals surface area contributed by atoms with E-state index < -0.39 is 5.54 Å². The number of rotatable bonds is 7. The molecule has 7 heteroatoms. The summed E-state index contributed by atoms with van der Waals surface area (Å²) in [5, 5.41) is 3.33. The second-order valence-corrected chi connectivity index (χ2v) is 11.7. The number of aromatic nitrogens is 1. The minimum atomic E-state index is -0.726. The predicted molar refractivity (Wildman–Crippen MR) is 144 cm³/mol. The van der Waals surface area contributed by atoms with Crippen molar-refractivity contribution in [3.63, 3.8) is 0 Å². The van der Waals surface area contributed by atoms with Crippen LogP contribution >= 0.6 is 0 Å². The fourth-order valence-corrected chi connectivity index (χ4v) is 7.19. The summed E-state index contributed by atoms with van der Waals surface area (Å²) in [6, 6.07) is 2.15. The summed E-state index contributed by atoms with van der Waals surface area (Å²) in [4.78, 5) is 33.0. The number of nitrogens with two attached hydrogens (primary N) is 1. The molecule has 1 aromatic heterocycles. The Kier molecular flexibility index (Phi) is 7.27. The van der Waals surface area contributed by atoms with Crippen LogP contribution in [0.25, 0.3) is 6.08 Å². The Labute approximate surface area is 215 Å². The Morgan fingerprint density at radius 1 is 1.14 bits per heavy atom. The van der Waals surface area contributed by atoms with Crippen molar-refractivity contribution in [3.8, 4) is 0 Å². The number of allylic oxidation sites excluding steroid dienone is 1. The number of guanidine groups is 1. The van der Waals surface area contributed by atoms with Crippen molar-refractivity contribution in [2.24, 2.45) is 29.6 Å². The van der Waals surface area contributed by atoms with E-state index >= 15 is 0 Å². The van der Waals surface area contributed by atoms with Gasteiger partial charge in [0, 0.05) is 25.8 Å². The summed E-state index contributed by atoms with van der Waals surface area (Å²) in [7, 11) is 3.75. The fourth-order valence-electron chi connectivity index (χ4n) is 7.19. The zero-order valence-electron chi connectivity index (χ0n) is 22.1. The summed E-state index contributed by atoms with van der Waals surface area (Å²) in [6.45, 7) is 0. The van der Waals surface area contributed by atoms with Crippen molar-refractivity contribution >= 4 is 23.8 Å². The molecule has 0 unspecified atom stereocenters. The van der Waals surface area contributed by atoms with Gasteiger partial charge in [-0.1, -0.05) is 57.1 Å². The number of likely N-dealkylation sites (N-methyl/N-ethyl adjacent to an activating group) is 1. The van der Waals surface area contributed by atoms with Crippen LogP contribution in [0.2, 0.25) is 0 Å². The topological polar surface area (TPSA) is 92.7 Å². The average Bonchev–Trinajstić information content (AvgIpc) is 3.33. The highest BCUT2D eigenvalue weighted by Crippen LogP contribution is 2.40. The predicted octanol–water partition coefficient (Wildman–Crippen LogP) is 4.55. The highest BCUT2D eigenvalue weighted by atomic mass is 16.2. The van der Waals surface area contributed by atoms with Crippen molar-refractivity contribution in [2.75, 3.05) is 7.05 Å². The molecule has 2 amide bonds. The van der Waals surface area contributed by atoms with Gasteiger partial charge in [0.15, 0.2) is 5.96 Å². The van der Waals surface area contributed by atoms with Crippen molar-refractivity contribution < 1.29 is 9.59 Å². The van der Waals surface area contributed by atoms with Gasteiger partial charge in [0.2, 0.25) is 0 Å². The number of amides is 2. The van der Waals surface area contributed by atoms with Gasteiger partial charge in [-0.2, -0.15) is 0 Å². The van der Waals surface area contributed by atoms with E-state index in [1.165, 1.54) is 37.8 Å². The Morgan fingerprint density at radius 3 is 2.64 bits per heavy atom. The van der Waals surface area contributed by atoms with Crippen molar-refractivity contribution in [1.82, 2.24) is 14.8 Å². The molecule has 4 aliphatic rings. The first kappa shape index (κ1) is 25.1. The van der Waals surface area contributed by atoms with E-state index in [4.69, 9.17) is 10.7 Å². The summed E-state index contributed by atoms with van der Waals surface area (Å²) in [6.07, 6.45) is 19.4. The lowest BCUT2D eigenvalue weighted by molar-refractivity contribution is -0.131. The SMILES string of the molecule is CN1C(=O)[C@@](CCC2CCCCC2)(C[C@H]2CCC[C@@H](NC(=O)c3cc4c(n3C)CCC=C4)C2)N=C1N. The first-order chi connectivity index (χ1) is 17.4. The summed E-state index contributed by atoms with van der Waals surface area (Å²) in [5.41, 5.74) is 8.58. The monoisotopic (exact) mass is 493 g/mol. The van der Waals surface area contributed by atoms with Crippen LogP contribution in [0.15, 0.2) is 17.1 Å².